The highest BCUT2D eigenvalue weighted by molar-refractivity contribution is 7.99. The van der Waals surface area contributed by atoms with Crippen molar-refractivity contribution >= 4 is 29.1 Å². The van der Waals surface area contributed by atoms with Crippen LogP contribution in [0.25, 0.3) is 0 Å². The van der Waals surface area contributed by atoms with Crippen LogP contribution in [0.1, 0.15) is 6.42 Å². The highest BCUT2D eigenvalue weighted by Crippen LogP contribution is 2.15. The molecular formula is C11H18ClN3O3S. The number of nitrogens with one attached hydrogen (secondary N) is 1. The molecule has 6 nitrogen and oxygen atoms in total. The molecule has 1 aromatic heterocycles. The van der Waals surface area contributed by atoms with Gasteiger partial charge in [-0.3, -0.25) is 4.79 Å². The van der Waals surface area contributed by atoms with Crippen LogP contribution in [0.4, 0.5) is 5.69 Å². The average Bonchev–Trinajstić information content (AvgIpc) is 2.41. The number of rotatable bonds is 9. The van der Waals surface area contributed by atoms with E-state index in [2.05, 4.69) is 10.4 Å². The SMILES string of the molecule is O=c1c(Cl)c(NCCSCCCO)cnn1CCO. The predicted octanol–water partition coefficient (Wildman–Crippen LogP) is 0.416. The van der Waals surface area contributed by atoms with Gasteiger partial charge in [-0.2, -0.15) is 16.9 Å². The van der Waals surface area contributed by atoms with Crippen LogP contribution in [-0.4, -0.2) is 51.3 Å². The van der Waals surface area contributed by atoms with E-state index in [0.29, 0.717) is 12.2 Å². The normalized spacial score (nSPS) is 10.7. The number of nitrogens with zero attached hydrogens (tertiary/aromatic N) is 2. The van der Waals surface area contributed by atoms with Gasteiger partial charge in [0.1, 0.15) is 5.02 Å². The van der Waals surface area contributed by atoms with Crippen molar-refractivity contribution in [1.82, 2.24) is 9.78 Å². The quantitative estimate of drug-likeness (QED) is 0.573. The molecule has 0 atom stereocenters. The first-order chi connectivity index (χ1) is 9.20. The molecule has 0 aliphatic rings. The zero-order valence-corrected chi connectivity index (χ0v) is 12.1. The number of anilines is 1. The second kappa shape index (κ2) is 9.19. The van der Waals surface area contributed by atoms with E-state index in [4.69, 9.17) is 21.8 Å². The number of hydrogen-bond acceptors (Lipinski definition) is 6. The Labute approximate surface area is 120 Å². The van der Waals surface area contributed by atoms with Gasteiger partial charge in [0, 0.05) is 18.9 Å². The van der Waals surface area contributed by atoms with Gasteiger partial charge in [-0.25, -0.2) is 4.68 Å². The Morgan fingerprint density at radius 1 is 1.37 bits per heavy atom. The molecule has 0 saturated heterocycles. The molecule has 1 rings (SSSR count). The van der Waals surface area contributed by atoms with Crippen LogP contribution in [-0.2, 0) is 6.54 Å². The molecule has 0 aromatic carbocycles. The molecule has 1 heterocycles. The van der Waals surface area contributed by atoms with E-state index in [1.54, 1.807) is 11.8 Å². The summed E-state index contributed by atoms with van der Waals surface area (Å²) in [4.78, 5) is 11.7. The van der Waals surface area contributed by atoms with E-state index in [1.807, 2.05) is 0 Å². The monoisotopic (exact) mass is 307 g/mol. The standard InChI is InChI=1S/C11H18ClN3O3S/c12-10-9(13-2-7-19-6-1-4-16)8-14-15(3-5-17)11(10)18/h8,13,16-17H,1-7H2. The van der Waals surface area contributed by atoms with Gasteiger partial charge < -0.3 is 15.5 Å². The van der Waals surface area contributed by atoms with E-state index < -0.39 is 5.56 Å². The maximum atomic E-state index is 11.7. The minimum absolute atomic E-state index is 0.0869. The Balaban J connectivity index is 2.46. The maximum Gasteiger partial charge on any atom is 0.287 e. The lowest BCUT2D eigenvalue weighted by atomic mass is 10.4. The molecule has 0 saturated carbocycles. The van der Waals surface area contributed by atoms with Crippen LogP contribution in [0.2, 0.25) is 5.02 Å². The summed E-state index contributed by atoms with van der Waals surface area (Å²) in [5.74, 6) is 1.76. The van der Waals surface area contributed by atoms with E-state index >= 15 is 0 Å². The molecule has 0 amide bonds. The van der Waals surface area contributed by atoms with Crippen molar-refractivity contribution in [2.45, 2.75) is 13.0 Å². The first kappa shape index (κ1) is 16.3. The number of aliphatic hydroxyl groups is 2. The van der Waals surface area contributed by atoms with Crippen molar-refractivity contribution in [1.29, 1.82) is 0 Å². The van der Waals surface area contributed by atoms with E-state index in [1.165, 1.54) is 6.20 Å². The molecule has 1 aromatic rings. The van der Waals surface area contributed by atoms with Crippen molar-refractivity contribution in [3.8, 4) is 0 Å². The highest BCUT2D eigenvalue weighted by atomic mass is 35.5. The number of aliphatic hydroxyl groups excluding tert-OH is 2. The summed E-state index contributed by atoms with van der Waals surface area (Å²) in [6.07, 6.45) is 2.27. The lowest BCUT2D eigenvalue weighted by Gasteiger charge is -2.09. The largest absolute Gasteiger partial charge is 0.396 e. The van der Waals surface area contributed by atoms with Crippen molar-refractivity contribution in [3.05, 3.63) is 21.6 Å². The van der Waals surface area contributed by atoms with Crippen molar-refractivity contribution in [3.63, 3.8) is 0 Å². The van der Waals surface area contributed by atoms with Gasteiger partial charge in [-0.1, -0.05) is 11.6 Å². The average molecular weight is 308 g/mol. The lowest BCUT2D eigenvalue weighted by Crippen LogP contribution is -2.25. The van der Waals surface area contributed by atoms with Crippen LogP contribution >= 0.6 is 23.4 Å². The molecule has 0 fully saturated rings. The fraction of sp³-hybridized carbons (Fsp3) is 0.636. The Morgan fingerprint density at radius 2 is 2.16 bits per heavy atom. The first-order valence-electron chi connectivity index (χ1n) is 5.99. The Kier molecular flexibility index (Phi) is 7.88. The molecule has 0 bridgehead atoms. The minimum atomic E-state index is -0.409. The number of aromatic nitrogens is 2. The second-order valence-corrected chi connectivity index (χ2v) is 5.34. The fourth-order valence-corrected chi connectivity index (χ4v) is 2.37. The zero-order valence-electron chi connectivity index (χ0n) is 10.5. The third-order valence-electron chi connectivity index (χ3n) is 2.31. The predicted molar refractivity (Wildman–Crippen MR) is 78.1 cm³/mol. The van der Waals surface area contributed by atoms with Gasteiger partial charge in [0.2, 0.25) is 0 Å². The molecule has 3 N–H and O–H groups in total. The van der Waals surface area contributed by atoms with Crippen molar-refractivity contribution in [2.24, 2.45) is 0 Å². The van der Waals surface area contributed by atoms with Crippen LogP contribution in [0.5, 0.6) is 0 Å². The van der Waals surface area contributed by atoms with E-state index in [0.717, 1.165) is 22.6 Å². The van der Waals surface area contributed by atoms with Crippen molar-refractivity contribution in [2.75, 3.05) is 36.6 Å². The smallest absolute Gasteiger partial charge is 0.287 e. The molecule has 19 heavy (non-hydrogen) atoms. The van der Waals surface area contributed by atoms with Crippen LogP contribution in [0, 0.1) is 0 Å². The zero-order chi connectivity index (χ0) is 14.1. The molecule has 0 radical (unpaired) electrons. The van der Waals surface area contributed by atoms with Gasteiger partial charge in [-0.05, 0) is 12.2 Å². The van der Waals surface area contributed by atoms with Crippen LogP contribution in [0.3, 0.4) is 0 Å². The summed E-state index contributed by atoms with van der Waals surface area (Å²) in [5.41, 5.74) is 0.0947. The van der Waals surface area contributed by atoms with Gasteiger partial charge in [0.05, 0.1) is 25.0 Å². The summed E-state index contributed by atoms with van der Waals surface area (Å²) < 4.78 is 1.13. The molecule has 108 valence electrons. The number of halogens is 1. The van der Waals surface area contributed by atoms with Gasteiger partial charge in [0.15, 0.2) is 0 Å². The molecule has 0 aliphatic heterocycles. The summed E-state index contributed by atoms with van der Waals surface area (Å²) in [6, 6.07) is 0. The Morgan fingerprint density at radius 3 is 2.84 bits per heavy atom. The number of thioether (sulfide) groups is 1. The summed E-state index contributed by atoms with van der Waals surface area (Å²) in [7, 11) is 0. The Hall–Kier alpha value is -0.760. The minimum Gasteiger partial charge on any atom is -0.396 e. The summed E-state index contributed by atoms with van der Waals surface area (Å²) in [5, 5.41) is 24.4. The molecule has 0 unspecified atom stereocenters. The van der Waals surface area contributed by atoms with E-state index in [-0.39, 0.29) is 24.8 Å². The summed E-state index contributed by atoms with van der Waals surface area (Å²) in [6.45, 7) is 0.855. The topological polar surface area (TPSA) is 87.4 Å². The third-order valence-corrected chi connectivity index (χ3v) is 3.74. The molecule has 0 spiro atoms. The fourth-order valence-electron chi connectivity index (χ4n) is 1.37. The highest BCUT2D eigenvalue weighted by Gasteiger charge is 2.08. The first-order valence-corrected chi connectivity index (χ1v) is 7.53. The van der Waals surface area contributed by atoms with E-state index in [9.17, 15) is 4.79 Å². The van der Waals surface area contributed by atoms with Gasteiger partial charge in [0.25, 0.3) is 5.56 Å². The molecular weight excluding hydrogens is 290 g/mol. The molecule has 0 aliphatic carbocycles. The Bertz CT molecular complexity index is 442. The lowest BCUT2D eigenvalue weighted by molar-refractivity contribution is 0.266. The second-order valence-electron chi connectivity index (χ2n) is 3.74. The van der Waals surface area contributed by atoms with Crippen molar-refractivity contribution < 1.29 is 10.2 Å². The van der Waals surface area contributed by atoms with Gasteiger partial charge >= 0.3 is 0 Å². The number of hydrogen-bond donors (Lipinski definition) is 3. The van der Waals surface area contributed by atoms with Crippen LogP contribution in [0.15, 0.2) is 11.0 Å². The van der Waals surface area contributed by atoms with Gasteiger partial charge in [-0.15, -0.1) is 0 Å². The molecule has 8 heteroatoms. The third kappa shape index (κ3) is 5.40. The summed E-state index contributed by atoms with van der Waals surface area (Å²) >= 11 is 7.66. The maximum absolute atomic E-state index is 11.7. The van der Waals surface area contributed by atoms with Crippen LogP contribution < -0.4 is 10.9 Å².